The maximum absolute atomic E-state index is 11.7. The van der Waals surface area contributed by atoms with E-state index >= 15 is 0 Å². The third-order valence-electron chi connectivity index (χ3n) is 1.62. The standard InChI is InChI=1S/C10H11F3O/c1-8-3-2-4-9(5-8)6-14-7-10(11,12)13/h2-5H,6-7H2,1H3. The summed E-state index contributed by atoms with van der Waals surface area (Å²) in [5, 5.41) is 0. The Hall–Kier alpha value is -1.03. The molecule has 0 N–H and O–H groups in total. The molecule has 0 unspecified atom stereocenters. The summed E-state index contributed by atoms with van der Waals surface area (Å²) in [6.45, 7) is 0.690. The molecule has 0 aromatic heterocycles. The highest BCUT2D eigenvalue weighted by Crippen LogP contribution is 2.15. The van der Waals surface area contributed by atoms with Gasteiger partial charge in [-0.1, -0.05) is 29.8 Å². The van der Waals surface area contributed by atoms with E-state index < -0.39 is 12.8 Å². The summed E-state index contributed by atoms with van der Waals surface area (Å²) in [4.78, 5) is 0. The first kappa shape index (κ1) is 11.0. The zero-order chi connectivity index (χ0) is 10.6. The van der Waals surface area contributed by atoms with E-state index in [0.29, 0.717) is 0 Å². The molecule has 0 atom stereocenters. The van der Waals surface area contributed by atoms with Crippen molar-refractivity contribution in [3.05, 3.63) is 35.4 Å². The topological polar surface area (TPSA) is 9.23 Å². The number of aryl methyl sites for hydroxylation is 1. The van der Waals surface area contributed by atoms with Gasteiger partial charge in [0.2, 0.25) is 0 Å². The average molecular weight is 204 g/mol. The van der Waals surface area contributed by atoms with Crippen molar-refractivity contribution in [2.45, 2.75) is 19.7 Å². The summed E-state index contributed by atoms with van der Waals surface area (Å²) in [5.74, 6) is 0. The molecule has 0 aliphatic heterocycles. The summed E-state index contributed by atoms with van der Waals surface area (Å²) in [7, 11) is 0. The number of hydrogen-bond acceptors (Lipinski definition) is 1. The number of rotatable bonds is 3. The molecular weight excluding hydrogens is 193 g/mol. The molecule has 0 saturated carbocycles. The monoisotopic (exact) mass is 204 g/mol. The minimum atomic E-state index is -4.25. The molecule has 14 heavy (non-hydrogen) atoms. The van der Waals surface area contributed by atoms with Crippen LogP contribution in [0.2, 0.25) is 0 Å². The first-order valence-corrected chi connectivity index (χ1v) is 4.17. The molecule has 0 fully saturated rings. The molecule has 1 rings (SSSR count). The van der Waals surface area contributed by atoms with Gasteiger partial charge >= 0.3 is 6.18 Å². The van der Waals surface area contributed by atoms with Crippen molar-refractivity contribution < 1.29 is 17.9 Å². The Labute approximate surface area is 80.5 Å². The zero-order valence-electron chi connectivity index (χ0n) is 7.77. The van der Waals surface area contributed by atoms with E-state index in [-0.39, 0.29) is 6.61 Å². The van der Waals surface area contributed by atoms with E-state index in [2.05, 4.69) is 4.74 Å². The number of halogens is 3. The molecule has 0 spiro atoms. The minimum absolute atomic E-state index is 0.00118. The van der Waals surface area contributed by atoms with Crippen molar-refractivity contribution in [3.8, 4) is 0 Å². The van der Waals surface area contributed by atoms with Crippen molar-refractivity contribution >= 4 is 0 Å². The van der Waals surface area contributed by atoms with Crippen molar-refractivity contribution in [2.24, 2.45) is 0 Å². The minimum Gasteiger partial charge on any atom is -0.367 e. The Balaban J connectivity index is 2.39. The Bertz CT molecular complexity index is 294. The quantitative estimate of drug-likeness (QED) is 0.735. The lowest BCUT2D eigenvalue weighted by Crippen LogP contribution is -2.16. The van der Waals surface area contributed by atoms with Crippen molar-refractivity contribution in [2.75, 3.05) is 6.61 Å². The fourth-order valence-electron chi connectivity index (χ4n) is 1.09. The summed E-state index contributed by atoms with van der Waals surface area (Å²) in [5.41, 5.74) is 1.77. The van der Waals surface area contributed by atoms with Gasteiger partial charge in [0.05, 0.1) is 6.61 Å². The number of ether oxygens (including phenoxy) is 1. The number of hydrogen-bond donors (Lipinski definition) is 0. The molecule has 0 bridgehead atoms. The van der Waals surface area contributed by atoms with Gasteiger partial charge in [-0.15, -0.1) is 0 Å². The van der Waals surface area contributed by atoms with Crippen molar-refractivity contribution in [1.29, 1.82) is 0 Å². The Morgan fingerprint density at radius 2 is 2.00 bits per heavy atom. The van der Waals surface area contributed by atoms with Gasteiger partial charge in [-0.2, -0.15) is 13.2 Å². The van der Waals surface area contributed by atoms with Crippen LogP contribution in [0.5, 0.6) is 0 Å². The van der Waals surface area contributed by atoms with Crippen LogP contribution in [-0.2, 0) is 11.3 Å². The third-order valence-corrected chi connectivity index (χ3v) is 1.62. The summed E-state index contributed by atoms with van der Waals surface area (Å²) >= 11 is 0. The molecular formula is C10H11F3O. The van der Waals surface area contributed by atoms with Crippen LogP contribution in [0.1, 0.15) is 11.1 Å². The van der Waals surface area contributed by atoms with Gasteiger partial charge in [-0.3, -0.25) is 0 Å². The van der Waals surface area contributed by atoms with E-state index in [1.165, 1.54) is 0 Å². The molecule has 1 aromatic carbocycles. The molecule has 78 valence electrons. The van der Waals surface area contributed by atoms with E-state index in [1.54, 1.807) is 18.2 Å². The van der Waals surface area contributed by atoms with Crippen LogP contribution in [0.4, 0.5) is 13.2 Å². The molecule has 0 saturated heterocycles. The second-order valence-corrected chi connectivity index (χ2v) is 3.10. The first-order valence-electron chi connectivity index (χ1n) is 4.17. The highest BCUT2D eigenvalue weighted by atomic mass is 19.4. The summed E-state index contributed by atoms with van der Waals surface area (Å²) < 4.78 is 39.7. The van der Waals surface area contributed by atoms with E-state index in [9.17, 15) is 13.2 Å². The Morgan fingerprint density at radius 3 is 2.57 bits per heavy atom. The second-order valence-electron chi connectivity index (χ2n) is 3.10. The highest BCUT2D eigenvalue weighted by molar-refractivity contribution is 5.21. The van der Waals surface area contributed by atoms with Gasteiger partial charge in [0.25, 0.3) is 0 Å². The average Bonchev–Trinajstić information content (AvgIpc) is 2.01. The van der Waals surface area contributed by atoms with Gasteiger partial charge < -0.3 is 4.74 Å². The maximum atomic E-state index is 11.7. The van der Waals surface area contributed by atoms with Gasteiger partial charge in [0, 0.05) is 0 Å². The predicted octanol–water partition coefficient (Wildman–Crippen LogP) is 3.07. The van der Waals surface area contributed by atoms with Crippen LogP contribution < -0.4 is 0 Å². The smallest absolute Gasteiger partial charge is 0.367 e. The van der Waals surface area contributed by atoms with Gasteiger partial charge in [-0.05, 0) is 12.5 Å². The fourth-order valence-corrected chi connectivity index (χ4v) is 1.09. The van der Waals surface area contributed by atoms with Gasteiger partial charge in [-0.25, -0.2) is 0 Å². The van der Waals surface area contributed by atoms with E-state index in [0.717, 1.165) is 11.1 Å². The van der Waals surface area contributed by atoms with Crippen molar-refractivity contribution in [1.82, 2.24) is 0 Å². The molecule has 1 nitrogen and oxygen atoms in total. The zero-order valence-corrected chi connectivity index (χ0v) is 7.77. The Kier molecular flexibility index (Phi) is 3.52. The molecule has 0 aliphatic rings. The SMILES string of the molecule is Cc1cccc(COCC(F)(F)F)c1. The maximum Gasteiger partial charge on any atom is 0.411 e. The van der Waals surface area contributed by atoms with Crippen molar-refractivity contribution in [3.63, 3.8) is 0 Å². The fraction of sp³-hybridized carbons (Fsp3) is 0.400. The van der Waals surface area contributed by atoms with Crippen LogP contribution in [0, 0.1) is 6.92 Å². The molecule has 0 aliphatic carbocycles. The second kappa shape index (κ2) is 4.46. The molecule has 0 amide bonds. The first-order chi connectivity index (χ1) is 6.47. The molecule has 4 heteroatoms. The normalized spacial score (nSPS) is 11.7. The summed E-state index contributed by atoms with van der Waals surface area (Å²) in [6.07, 6.45) is -4.25. The number of alkyl halides is 3. The molecule has 0 heterocycles. The highest BCUT2D eigenvalue weighted by Gasteiger charge is 2.27. The molecule has 0 radical (unpaired) electrons. The summed E-state index contributed by atoms with van der Waals surface area (Å²) in [6, 6.07) is 7.22. The molecule has 1 aromatic rings. The predicted molar refractivity (Wildman–Crippen MR) is 46.9 cm³/mol. The van der Waals surface area contributed by atoms with Crippen LogP contribution >= 0.6 is 0 Å². The van der Waals surface area contributed by atoms with Gasteiger partial charge in [0.1, 0.15) is 6.61 Å². The lowest BCUT2D eigenvalue weighted by molar-refractivity contribution is -0.176. The lowest BCUT2D eigenvalue weighted by Gasteiger charge is -2.07. The van der Waals surface area contributed by atoms with Crippen LogP contribution in [-0.4, -0.2) is 12.8 Å². The Morgan fingerprint density at radius 1 is 1.29 bits per heavy atom. The van der Waals surface area contributed by atoms with E-state index in [4.69, 9.17) is 0 Å². The van der Waals surface area contributed by atoms with Crippen LogP contribution in [0.15, 0.2) is 24.3 Å². The lowest BCUT2D eigenvalue weighted by atomic mass is 10.1. The largest absolute Gasteiger partial charge is 0.411 e. The number of benzene rings is 1. The van der Waals surface area contributed by atoms with Gasteiger partial charge in [0.15, 0.2) is 0 Å². The van der Waals surface area contributed by atoms with Crippen LogP contribution in [0.3, 0.4) is 0 Å². The van der Waals surface area contributed by atoms with E-state index in [1.807, 2.05) is 13.0 Å². The van der Waals surface area contributed by atoms with Crippen LogP contribution in [0.25, 0.3) is 0 Å². The third kappa shape index (κ3) is 4.28.